The molecule has 2 atom stereocenters. The quantitative estimate of drug-likeness (QED) is 0.278. The first-order chi connectivity index (χ1) is 17.7. The third-order valence-electron chi connectivity index (χ3n) is 5.84. The molecule has 1 aromatic rings. The lowest BCUT2D eigenvalue weighted by atomic mass is 10.2. The Morgan fingerprint density at radius 2 is 1.74 bits per heavy atom. The number of likely N-dealkylation sites (tertiary alicyclic amines) is 1. The Morgan fingerprint density at radius 1 is 1.13 bits per heavy atom. The minimum Gasteiger partial charge on any atom is -0.484 e. The number of nitrogens with zero attached hydrogens (tertiary/aromatic N) is 3. The number of carbonyl (C=O) groups excluding carboxylic acids is 2. The van der Waals surface area contributed by atoms with E-state index in [1.54, 1.807) is 6.19 Å². The van der Waals surface area contributed by atoms with Gasteiger partial charge in [-0.05, 0) is 58.2 Å². The molecule has 1 heterocycles. The average molecular weight is 586 g/mol. The summed E-state index contributed by atoms with van der Waals surface area (Å²) < 4.78 is 115. The summed E-state index contributed by atoms with van der Waals surface area (Å²) in [5.41, 5.74) is -2.83. The van der Waals surface area contributed by atoms with Gasteiger partial charge < -0.3 is 9.47 Å². The van der Waals surface area contributed by atoms with Gasteiger partial charge in [-0.3, -0.25) is 9.69 Å². The third kappa shape index (κ3) is 7.25. The fourth-order valence-electron chi connectivity index (χ4n) is 4.00. The molecule has 0 bridgehead atoms. The second kappa shape index (κ2) is 10.4. The summed E-state index contributed by atoms with van der Waals surface area (Å²) in [5.74, 6) is -1.75. The van der Waals surface area contributed by atoms with Crippen LogP contribution in [0.3, 0.4) is 0 Å². The van der Waals surface area contributed by atoms with E-state index in [-0.39, 0.29) is 6.07 Å². The Hall–Kier alpha value is -3.22. The molecular weight excluding hydrogens is 560 g/mol. The highest BCUT2D eigenvalue weighted by Crippen LogP contribution is 2.40. The van der Waals surface area contributed by atoms with Crippen LogP contribution in [-0.4, -0.2) is 72.5 Å². The van der Waals surface area contributed by atoms with Crippen molar-refractivity contribution in [2.24, 2.45) is 0 Å². The second-order valence-corrected chi connectivity index (χ2v) is 12.3. The number of amides is 2. The van der Waals surface area contributed by atoms with Crippen LogP contribution in [0, 0.1) is 11.5 Å². The zero-order valence-electron chi connectivity index (χ0n) is 21.0. The van der Waals surface area contributed by atoms with Crippen molar-refractivity contribution in [1.29, 1.82) is 5.26 Å². The van der Waals surface area contributed by atoms with Gasteiger partial charge in [-0.2, -0.15) is 31.6 Å². The summed E-state index contributed by atoms with van der Waals surface area (Å²) in [6.07, 6.45) is -9.15. The smallest absolute Gasteiger partial charge is 0.422 e. The number of benzene rings is 1. The number of alkyl halides is 6. The van der Waals surface area contributed by atoms with Crippen molar-refractivity contribution in [3.8, 4) is 11.9 Å². The first kappa shape index (κ1) is 30.3. The van der Waals surface area contributed by atoms with E-state index < -0.39 is 92.9 Å². The van der Waals surface area contributed by atoms with Crippen LogP contribution in [0.15, 0.2) is 23.1 Å². The monoisotopic (exact) mass is 585 g/mol. The number of carbonyl (C=O) groups is 2. The first-order valence-corrected chi connectivity index (χ1v) is 13.2. The highest BCUT2D eigenvalue weighted by Gasteiger charge is 2.51. The summed E-state index contributed by atoms with van der Waals surface area (Å²) in [4.78, 5) is 26.3. The van der Waals surface area contributed by atoms with Gasteiger partial charge in [0.05, 0.1) is 15.7 Å². The van der Waals surface area contributed by atoms with E-state index in [0.29, 0.717) is 25.0 Å². The fraction of sp³-hybridized carbons (Fsp3) is 0.609. The van der Waals surface area contributed by atoms with Crippen LogP contribution in [0.5, 0.6) is 5.75 Å². The van der Waals surface area contributed by atoms with E-state index in [0.717, 1.165) is 9.80 Å². The maximum atomic E-state index is 13.8. The zero-order valence-corrected chi connectivity index (χ0v) is 21.8. The Morgan fingerprint density at radius 3 is 2.23 bits per heavy atom. The molecule has 0 aromatic heterocycles. The number of ether oxygens (including phenoxy) is 2. The first-order valence-electron chi connectivity index (χ1n) is 11.6. The molecule has 2 fully saturated rings. The predicted molar refractivity (Wildman–Crippen MR) is 121 cm³/mol. The van der Waals surface area contributed by atoms with E-state index in [4.69, 9.17) is 4.74 Å². The van der Waals surface area contributed by atoms with Gasteiger partial charge in [0.2, 0.25) is 0 Å². The second-order valence-electron chi connectivity index (χ2n) is 10.2. The van der Waals surface area contributed by atoms with Crippen molar-refractivity contribution in [2.45, 2.75) is 80.2 Å². The van der Waals surface area contributed by atoms with Gasteiger partial charge in [0.1, 0.15) is 17.4 Å². The third-order valence-corrected chi connectivity index (χ3v) is 8.03. The molecule has 1 saturated carbocycles. The highest BCUT2D eigenvalue weighted by molar-refractivity contribution is 7.92. The van der Waals surface area contributed by atoms with Gasteiger partial charge >= 0.3 is 18.4 Å². The number of halogens is 6. The van der Waals surface area contributed by atoms with Gasteiger partial charge in [-0.1, -0.05) is 0 Å². The maximum absolute atomic E-state index is 13.8. The normalized spacial score (nSPS) is 20.4. The molecule has 0 unspecified atom stereocenters. The minimum atomic E-state index is -5.30. The van der Waals surface area contributed by atoms with Crippen LogP contribution in [-0.2, 0) is 25.5 Å². The molecule has 2 amide bonds. The van der Waals surface area contributed by atoms with Crippen molar-refractivity contribution in [2.75, 3.05) is 13.2 Å². The Labute approximate surface area is 220 Å². The molecule has 2 aliphatic rings. The molecule has 1 aliphatic heterocycles. The molecule has 16 heteroatoms. The molecule has 1 saturated heterocycles. The number of rotatable bonds is 6. The molecule has 9 nitrogen and oxygen atoms in total. The van der Waals surface area contributed by atoms with E-state index in [1.807, 2.05) is 0 Å². The SMILES string of the molecule is CC(C)(C)OC(=O)N1C[C@H](S(=O)(=O)c2ccc(OCC(F)(F)F)cc2C(F)(F)F)C[C@H]1C(=O)N(C#N)C1CC1. The molecule has 39 heavy (non-hydrogen) atoms. The molecular formula is C23H25F6N3O6S. The van der Waals surface area contributed by atoms with E-state index in [2.05, 4.69) is 4.74 Å². The lowest BCUT2D eigenvalue weighted by Crippen LogP contribution is -2.48. The Kier molecular flexibility index (Phi) is 8.08. The van der Waals surface area contributed by atoms with Crippen molar-refractivity contribution in [3.63, 3.8) is 0 Å². The summed E-state index contributed by atoms with van der Waals surface area (Å²) in [5, 5.41) is 7.70. The largest absolute Gasteiger partial charge is 0.484 e. The van der Waals surface area contributed by atoms with Crippen LogP contribution in [0.2, 0.25) is 0 Å². The Bertz CT molecular complexity index is 1260. The lowest BCUT2D eigenvalue weighted by molar-refractivity contribution is -0.153. The molecule has 0 radical (unpaired) electrons. The summed E-state index contributed by atoms with van der Waals surface area (Å²) >= 11 is 0. The van der Waals surface area contributed by atoms with E-state index >= 15 is 0 Å². The number of hydrogen-bond acceptors (Lipinski definition) is 7. The molecule has 0 N–H and O–H groups in total. The molecule has 0 spiro atoms. The van der Waals surface area contributed by atoms with Gasteiger partial charge in [0.15, 0.2) is 22.6 Å². The summed E-state index contributed by atoms with van der Waals surface area (Å²) in [6, 6.07) is -0.667. The van der Waals surface area contributed by atoms with Gasteiger partial charge in [-0.25, -0.2) is 18.1 Å². The van der Waals surface area contributed by atoms with E-state index in [1.165, 1.54) is 20.8 Å². The average Bonchev–Trinajstić information content (AvgIpc) is 3.51. The number of sulfone groups is 1. The van der Waals surface area contributed by atoms with Crippen molar-refractivity contribution >= 4 is 21.8 Å². The van der Waals surface area contributed by atoms with Crippen molar-refractivity contribution in [1.82, 2.24) is 9.80 Å². The molecule has 1 aliphatic carbocycles. The van der Waals surface area contributed by atoms with Gasteiger partial charge in [-0.15, -0.1) is 0 Å². The molecule has 3 rings (SSSR count). The fourth-order valence-corrected chi connectivity index (χ4v) is 5.89. The van der Waals surface area contributed by atoms with Crippen LogP contribution in [0.25, 0.3) is 0 Å². The summed E-state index contributed by atoms with van der Waals surface area (Å²) in [6.45, 7) is 1.91. The van der Waals surface area contributed by atoms with Crippen molar-refractivity contribution < 1.29 is 53.8 Å². The van der Waals surface area contributed by atoms with Crippen molar-refractivity contribution in [3.05, 3.63) is 23.8 Å². The molecule has 1 aromatic carbocycles. The summed E-state index contributed by atoms with van der Waals surface area (Å²) in [7, 11) is -4.93. The zero-order chi connectivity index (χ0) is 29.6. The Balaban J connectivity index is 1.99. The number of nitriles is 1. The minimum absolute atomic E-state index is 0.145. The number of hydrogen-bond donors (Lipinski definition) is 0. The van der Waals surface area contributed by atoms with Crippen LogP contribution in [0.1, 0.15) is 45.6 Å². The topological polar surface area (TPSA) is 117 Å². The van der Waals surface area contributed by atoms with Crippen LogP contribution < -0.4 is 4.74 Å². The molecule has 216 valence electrons. The van der Waals surface area contributed by atoms with Crippen LogP contribution >= 0.6 is 0 Å². The predicted octanol–water partition coefficient (Wildman–Crippen LogP) is 4.27. The van der Waals surface area contributed by atoms with Gasteiger partial charge in [0, 0.05) is 12.6 Å². The standard InChI is InChI=1S/C23H25F6N3O6S/c1-21(2,3)38-20(34)31-10-15(9-17(31)19(33)32(12-30)13-4-5-13)39(35,36)18-7-6-14(37-11-22(24,25)26)8-16(18)23(27,28)29/h6-8,13,15,17H,4-5,9-11H2,1-3H3/t15-,17+/m1/s1. The van der Waals surface area contributed by atoms with Crippen LogP contribution in [0.4, 0.5) is 31.1 Å². The van der Waals surface area contributed by atoms with E-state index in [9.17, 15) is 49.6 Å². The maximum Gasteiger partial charge on any atom is 0.422 e. The van der Waals surface area contributed by atoms with Gasteiger partial charge in [0.25, 0.3) is 5.91 Å². The lowest BCUT2D eigenvalue weighted by Gasteiger charge is -2.29. The highest BCUT2D eigenvalue weighted by atomic mass is 32.2.